The lowest BCUT2D eigenvalue weighted by Crippen LogP contribution is -2.46. The summed E-state index contributed by atoms with van der Waals surface area (Å²) in [6.45, 7) is 12.0. The molecule has 5 heteroatoms. The van der Waals surface area contributed by atoms with Gasteiger partial charge in [0.15, 0.2) is 0 Å². The van der Waals surface area contributed by atoms with Gasteiger partial charge in [-0.1, -0.05) is 38.5 Å². The van der Waals surface area contributed by atoms with Gasteiger partial charge in [-0.05, 0) is 63.0 Å². The van der Waals surface area contributed by atoms with Crippen LogP contribution in [0.2, 0.25) is 0 Å². The first-order chi connectivity index (χ1) is 11.6. The molecule has 4 nitrogen and oxygen atoms in total. The fourth-order valence-electron chi connectivity index (χ4n) is 3.84. The van der Waals surface area contributed by atoms with E-state index in [1.807, 2.05) is 19.1 Å². The molecule has 1 aromatic carbocycles. The van der Waals surface area contributed by atoms with Crippen molar-refractivity contribution in [1.82, 2.24) is 4.72 Å². The standard InChI is InChI=1S/C20H33NO3S/c1-6-19(5)15-20(16(2)3,12-14-24-19)11-13-21-25(22,23)18-9-7-17(4)8-10-18/h7-10,16,21H,6,11-15H2,1-5H3/t19-,20-/m1/s1. The second-order valence-corrected chi connectivity index (χ2v) is 9.82. The van der Waals surface area contributed by atoms with Crippen LogP contribution in [-0.2, 0) is 14.8 Å². The van der Waals surface area contributed by atoms with E-state index in [0.29, 0.717) is 17.4 Å². The van der Waals surface area contributed by atoms with Gasteiger partial charge in [0.25, 0.3) is 0 Å². The van der Waals surface area contributed by atoms with E-state index in [-0.39, 0.29) is 11.0 Å². The highest BCUT2D eigenvalue weighted by atomic mass is 32.2. The first-order valence-corrected chi connectivity index (χ1v) is 10.8. The minimum Gasteiger partial charge on any atom is -0.375 e. The quantitative estimate of drug-likeness (QED) is 0.782. The number of nitrogens with one attached hydrogen (secondary N) is 1. The van der Waals surface area contributed by atoms with Crippen molar-refractivity contribution in [2.75, 3.05) is 13.2 Å². The third kappa shape index (κ3) is 4.83. The second-order valence-electron chi connectivity index (χ2n) is 8.06. The highest BCUT2D eigenvalue weighted by Gasteiger charge is 2.43. The van der Waals surface area contributed by atoms with Gasteiger partial charge in [0.1, 0.15) is 0 Å². The van der Waals surface area contributed by atoms with Gasteiger partial charge in [0, 0.05) is 13.2 Å². The Kier molecular flexibility index (Phi) is 6.34. The predicted molar refractivity (Wildman–Crippen MR) is 102 cm³/mol. The van der Waals surface area contributed by atoms with Crippen molar-refractivity contribution in [1.29, 1.82) is 0 Å². The van der Waals surface area contributed by atoms with Crippen molar-refractivity contribution < 1.29 is 13.2 Å². The predicted octanol–water partition coefficient (Wildman–Crippen LogP) is 4.28. The summed E-state index contributed by atoms with van der Waals surface area (Å²) in [5, 5.41) is 0. The number of ether oxygens (including phenoxy) is 1. The molecule has 2 rings (SSSR count). The van der Waals surface area contributed by atoms with Gasteiger partial charge in [-0.15, -0.1) is 0 Å². The van der Waals surface area contributed by atoms with Gasteiger partial charge in [0.2, 0.25) is 10.0 Å². The van der Waals surface area contributed by atoms with Crippen LogP contribution >= 0.6 is 0 Å². The third-order valence-corrected chi connectivity index (χ3v) is 7.47. The number of benzene rings is 1. The molecule has 2 atom stereocenters. The molecular formula is C20H33NO3S. The summed E-state index contributed by atoms with van der Waals surface area (Å²) < 4.78 is 33.8. The smallest absolute Gasteiger partial charge is 0.240 e. The van der Waals surface area contributed by atoms with Crippen molar-refractivity contribution in [3.05, 3.63) is 29.8 Å². The Hall–Kier alpha value is -0.910. The van der Waals surface area contributed by atoms with E-state index < -0.39 is 10.0 Å². The Balaban J connectivity index is 2.05. The molecule has 1 aliphatic heterocycles. The summed E-state index contributed by atoms with van der Waals surface area (Å²) in [5.41, 5.74) is 1.08. The van der Waals surface area contributed by atoms with Gasteiger partial charge in [-0.25, -0.2) is 13.1 Å². The fourth-order valence-corrected chi connectivity index (χ4v) is 4.87. The zero-order valence-electron chi connectivity index (χ0n) is 16.3. The van der Waals surface area contributed by atoms with Crippen molar-refractivity contribution >= 4 is 10.0 Å². The van der Waals surface area contributed by atoms with E-state index in [9.17, 15) is 8.42 Å². The van der Waals surface area contributed by atoms with E-state index in [1.54, 1.807) is 12.1 Å². The molecule has 0 spiro atoms. The SMILES string of the molecule is CC[C@]1(C)C[C@](CCNS(=O)(=O)c2ccc(C)cc2)(C(C)C)CCO1. The Labute approximate surface area is 153 Å². The van der Waals surface area contributed by atoms with Crippen LogP contribution in [0.3, 0.4) is 0 Å². The Bertz CT molecular complexity index is 669. The molecule has 0 radical (unpaired) electrons. The van der Waals surface area contributed by atoms with Gasteiger partial charge < -0.3 is 4.74 Å². The minimum absolute atomic E-state index is 0.0989. The monoisotopic (exact) mass is 367 g/mol. The molecule has 1 heterocycles. The fraction of sp³-hybridized carbons (Fsp3) is 0.700. The molecule has 0 aliphatic carbocycles. The number of hydrogen-bond donors (Lipinski definition) is 1. The summed E-state index contributed by atoms with van der Waals surface area (Å²) in [4.78, 5) is 0.335. The van der Waals surface area contributed by atoms with Crippen LogP contribution in [0.5, 0.6) is 0 Å². The van der Waals surface area contributed by atoms with Crippen molar-refractivity contribution in [2.24, 2.45) is 11.3 Å². The maximum Gasteiger partial charge on any atom is 0.240 e. The molecule has 1 saturated heterocycles. The van der Waals surface area contributed by atoms with Crippen molar-refractivity contribution in [2.45, 2.75) is 70.8 Å². The highest BCUT2D eigenvalue weighted by Crippen LogP contribution is 2.47. The van der Waals surface area contributed by atoms with Gasteiger partial charge >= 0.3 is 0 Å². The lowest BCUT2D eigenvalue weighted by Gasteiger charge is -2.49. The zero-order valence-corrected chi connectivity index (χ0v) is 17.1. The summed E-state index contributed by atoms with van der Waals surface area (Å²) in [7, 11) is -3.45. The van der Waals surface area contributed by atoms with Crippen LogP contribution in [0.15, 0.2) is 29.2 Å². The second kappa shape index (κ2) is 7.77. The molecule has 25 heavy (non-hydrogen) atoms. The molecule has 1 fully saturated rings. The number of sulfonamides is 1. The average molecular weight is 368 g/mol. The van der Waals surface area contributed by atoms with E-state index >= 15 is 0 Å². The van der Waals surface area contributed by atoms with Crippen LogP contribution in [-0.4, -0.2) is 27.2 Å². The van der Waals surface area contributed by atoms with Crippen LogP contribution in [0.1, 0.15) is 58.9 Å². The number of hydrogen-bond acceptors (Lipinski definition) is 3. The molecule has 0 amide bonds. The first-order valence-electron chi connectivity index (χ1n) is 9.33. The molecule has 0 aromatic heterocycles. The molecule has 142 valence electrons. The Morgan fingerprint density at radius 2 is 1.88 bits per heavy atom. The van der Waals surface area contributed by atoms with Gasteiger partial charge in [-0.3, -0.25) is 0 Å². The summed E-state index contributed by atoms with van der Waals surface area (Å²) in [5.74, 6) is 0.492. The molecular weight excluding hydrogens is 334 g/mol. The Morgan fingerprint density at radius 1 is 1.24 bits per heavy atom. The van der Waals surface area contributed by atoms with Crippen LogP contribution in [0.25, 0.3) is 0 Å². The first kappa shape index (κ1) is 20.4. The third-order valence-electron chi connectivity index (χ3n) is 6.00. The van der Waals surface area contributed by atoms with E-state index in [4.69, 9.17) is 4.74 Å². The van der Waals surface area contributed by atoms with E-state index in [0.717, 1.165) is 37.9 Å². The zero-order chi connectivity index (χ0) is 18.7. The largest absolute Gasteiger partial charge is 0.375 e. The molecule has 0 bridgehead atoms. The Morgan fingerprint density at radius 3 is 2.44 bits per heavy atom. The van der Waals surface area contributed by atoms with Crippen LogP contribution in [0, 0.1) is 18.3 Å². The summed E-state index contributed by atoms with van der Waals surface area (Å²) >= 11 is 0. The van der Waals surface area contributed by atoms with E-state index in [1.165, 1.54) is 0 Å². The maximum atomic E-state index is 12.5. The maximum absolute atomic E-state index is 12.5. The highest BCUT2D eigenvalue weighted by molar-refractivity contribution is 7.89. The van der Waals surface area contributed by atoms with Gasteiger partial charge in [0.05, 0.1) is 10.5 Å². The normalized spacial score (nSPS) is 27.6. The molecule has 1 aliphatic rings. The van der Waals surface area contributed by atoms with Gasteiger partial charge in [-0.2, -0.15) is 0 Å². The van der Waals surface area contributed by atoms with Crippen LogP contribution in [0.4, 0.5) is 0 Å². The topological polar surface area (TPSA) is 55.4 Å². The molecule has 0 unspecified atom stereocenters. The van der Waals surface area contributed by atoms with Crippen LogP contribution < -0.4 is 4.72 Å². The lowest BCUT2D eigenvalue weighted by atomic mass is 9.64. The number of aryl methyl sites for hydroxylation is 1. The molecule has 1 N–H and O–H groups in total. The minimum atomic E-state index is -3.45. The van der Waals surface area contributed by atoms with E-state index in [2.05, 4.69) is 32.4 Å². The molecule has 1 aromatic rings. The van der Waals surface area contributed by atoms with Crippen molar-refractivity contribution in [3.63, 3.8) is 0 Å². The lowest BCUT2D eigenvalue weighted by molar-refractivity contribution is -0.132. The summed E-state index contributed by atoms with van der Waals surface area (Å²) in [6, 6.07) is 6.99. The average Bonchev–Trinajstić information content (AvgIpc) is 2.55. The molecule has 0 saturated carbocycles. The van der Waals surface area contributed by atoms with Crippen molar-refractivity contribution in [3.8, 4) is 0 Å². The summed E-state index contributed by atoms with van der Waals surface area (Å²) in [6.07, 6.45) is 3.80. The number of rotatable bonds is 7.